The van der Waals surface area contributed by atoms with Crippen molar-refractivity contribution in [3.63, 3.8) is 0 Å². The fourth-order valence-electron chi connectivity index (χ4n) is 2.72. The SMILES string of the molecule is CC1(C)[C@H](C=C2CCCCC2)[C@@H]1C=O. The van der Waals surface area contributed by atoms with Crippen LogP contribution in [0.1, 0.15) is 46.0 Å². The van der Waals surface area contributed by atoms with Crippen LogP contribution in [0.2, 0.25) is 0 Å². The van der Waals surface area contributed by atoms with Crippen molar-refractivity contribution in [2.75, 3.05) is 0 Å². The molecule has 0 amide bonds. The van der Waals surface area contributed by atoms with Gasteiger partial charge in [0.2, 0.25) is 0 Å². The molecule has 0 aromatic rings. The molecule has 2 rings (SSSR count). The second-order valence-corrected chi connectivity index (χ2v) is 5.39. The molecule has 0 heterocycles. The summed E-state index contributed by atoms with van der Waals surface area (Å²) in [6, 6.07) is 0. The minimum Gasteiger partial charge on any atom is -0.303 e. The molecule has 0 radical (unpaired) electrons. The van der Waals surface area contributed by atoms with Crippen molar-refractivity contribution >= 4 is 6.29 Å². The third-order valence-corrected chi connectivity index (χ3v) is 4.05. The standard InChI is InChI=1S/C13H20O/c1-13(2)11(12(13)9-14)8-10-6-4-3-5-7-10/h8-9,11-12H,3-7H2,1-2H3/t11-,12+/m1/s1. The predicted octanol–water partition coefficient (Wildman–Crippen LogP) is 3.35. The fourth-order valence-corrected chi connectivity index (χ4v) is 2.72. The number of aldehydes is 1. The van der Waals surface area contributed by atoms with E-state index in [1.165, 1.54) is 32.1 Å². The molecule has 0 spiro atoms. The molecule has 0 N–H and O–H groups in total. The summed E-state index contributed by atoms with van der Waals surface area (Å²) in [4.78, 5) is 10.8. The average Bonchev–Trinajstić information content (AvgIpc) is 2.69. The molecule has 0 aromatic carbocycles. The summed E-state index contributed by atoms with van der Waals surface area (Å²) >= 11 is 0. The van der Waals surface area contributed by atoms with Gasteiger partial charge in [-0.15, -0.1) is 0 Å². The van der Waals surface area contributed by atoms with Gasteiger partial charge in [-0.3, -0.25) is 0 Å². The van der Waals surface area contributed by atoms with Crippen LogP contribution in [0.4, 0.5) is 0 Å². The van der Waals surface area contributed by atoms with Crippen LogP contribution >= 0.6 is 0 Å². The molecule has 14 heavy (non-hydrogen) atoms. The first-order chi connectivity index (χ1) is 6.66. The van der Waals surface area contributed by atoms with Gasteiger partial charge < -0.3 is 4.79 Å². The van der Waals surface area contributed by atoms with Crippen LogP contribution in [-0.2, 0) is 4.79 Å². The Morgan fingerprint density at radius 2 is 1.79 bits per heavy atom. The molecule has 2 aliphatic carbocycles. The van der Waals surface area contributed by atoms with E-state index in [9.17, 15) is 4.79 Å². The lowest BCUT2D eigenvalue weighted by Crippen LogP contribution is -1.95. The second kappa shape index (κ2) is 3.52. The van der Waals surface area contributed by atoms with E-state index in [2.05, 4.69) is 19.9 Å². The molecule has 1 heteroatoms. The van der Waals surface area contributed by atoms with Crippen LogP contribution in [0.15, 0.2) is 11.6 Å². The number of rotatable bonds is 2. The van der Waals surface area contributed by atoms with E-state index in [1.807, 2.05) is 0 Å². The fraction of sp³-hybridized carbons (Fsp3) is 0.769. The summed E-state index contributed by atoms with van der Waals surface area (Å²) in [6.45, 7) is 4.41. The van der Waals surface area contributed by atoms with Crippen LogP contribution < -0.4 is 0 Å². The van der Waals surface area contributed by atoms with Crippen molar-refractivity contribution < 1.29 is 4.79 Å². The van der Waals surface area contributed by atoms with Crippen LogP contribution in [0.3, 0.4) is 0 Å². The summed E-state index contributed by atoms with van der Waals surface area (Å²) in [5.74, 6) is 0.824. The molecule has 0 aliphatic heterocycles. The summed E-state index contributed by atoms with van der Waals surface area (Å²) in [6.07, 6.45) is 10.2. The molecule has 0 unspecified atom stereocenters. The molecule has 2 fully saturated rings. The van der Waals surface area contributed by atoms with Gasteiger partial charge in [-0.1, -0.05) is 31.9 Å². The minimum atomic E-state index is 0.242. The van der Waals surface area contributed by atoms with E-state index in [0.29, 0.717) is 5.92 Å². The lowest BCUT2D eigenvalue weighted by molar-refractivity contribution is -0.109. The lowest BCUT2D eigenvalue weighted by atomic mass is 9.93. The van der Waals surface area contributed by atoms with Crippen molar-refractivity contribution in [3.8, 4) is 0 Å². The first-order valence-corrected chi connectivity index (χ1v) is 5.81. The number of hydrogen-bond donors (Lipinski definition) is 0. The maximum atomic E-state index is 10.8. The van der Waals surface area contributed by atoms with Crippen molar-refractivity contribution in [1.29, 1.82) is 0 Å². The first-order valence-electron chi connectivity index (χ1n) is 5.81. The van der Waals surface area contributed by atoms with E-state index < -0.39 is 0 Å². The highest BCUT2D eigenvalue weighted by molar-refractivity contribution is 5.62. The zero-order valence-electron chi connectivity index (χ0n) is 9.25. The van der Waals surface area contributed by atoms with E-state index in [0.717, 1.165) is 6.29 Å². The van der Waals surface area contributed by atoms with Gasteiger partial charge in [-0.25, -0.2) is 0 Å². The number of carbonyl (C=O) groups is 1. The molecule has 0 saturated heterocycles. The Morgan fingerprint density at radius 1 is 1.14 bits per heavy atom. The maximum absolute atomic E-state index is 10.8. The second-order valence-electron chi connectivity index (χ2n) is 5.39. The predicted molar refractivity (Wildman–Crippen MR) is 58.0 cm³/mol. The van der Waals surface area contributed by atoms with Crippen molar-refractivity contribution in [1.82, 2.24) is 0 Å². The number of carbonyl (C=O) groups excluding carboxylic acids is 1. The normalized spacial score (nSPS) is 35.1. The average molecular weight is 192 g/mol. The summed E-state index contributed by atoms with van der Waals surface area (Å²) in [5.41, 5.74) is 1.85. The van der Waals surface area contributed by atoms with Crippen LogP contribution in [0.25, 0.3) is 0 Å². The number of allylic oxidation sites excluding steroid dienone is 2. The molecule has 2 aliphatic rings. The Kier molecular flexibility index (Phi) is 2.50. The quantitative estimate of drug-likeness (QED) is 0.484. The molecule has 78 valence electrons. The van der Waals surface area contributed by atoms with Gasteiger partial charge in [-0.05, 0) is 37.0 Å². The molecule has 1 nitrogen and oxygen atoms in total. The van der Waals surface area contributed by atoms with E-state index >= 15 is 0 Å². The zero-order valence-corrected chi connectivity index (χ0v) is 9.25. The first kappa shape index (κ1) is 9.95. The van der Waals surface area contributed by atoms with Crippen LogP contribution in [-0.4, -0.2) is 6.29 Å². The minimum absolute atomic E-state index is 0.242. The molecular weight excluding hydrogens is 172 g/mol. The van der Waals surface area contributed by atoms with Gasteiger partial charge in [0.1, 0.15) is 6.29 Å². The van der Waals surface area contributed by atoms with Gasteiger partial charge in [0.25, 0.3) is 0 Å². The van der Waals surface area contributed by atoms with Gasteiger partial charge in [-0.2, -0.15) is 0 Å². The highest BCUT2D eigenvalue weighted by Crippen LogP contribution is 2.58. The summed E-state index contributed by atoms with van der Waals surface area (Å²) in [7, 11) is 0. The van der Waals surface area contributed by atoms with E-state index in [-0.39, 0.29) is 11.3 Å². The zero-order chi connectivity index (χ0) is 10.2. The topological polar surface area (TPSA) is 17.1 Å². The summed E-state index contributed by atoms with van der Waals surface area (Å²) in [5, 5.41) is 0. The van der Waals surface area contributed by atoms with Gasteiger partial charge in [0.15, 0.2) is 0 Å². The van der Waals surface area contributed by atoms with Gasteiger partial charge in [0, 0.05) is 5.92 Å². The number of hydrogen-bond acceptors (Lipinski definition) is 1. The molecule has 2 atom stereocenters. The molecule has 0 bridgehead atoms. The Balaban J connectivity index is 2.00. The molecule has 0 aromatic heterocycles. The third-order valence-electron chi connectivity index (χ3n) is 4.05. The Hall–Kier alpha value is -0.590. The van der Waals surface area contributed by atoms with Gasteiger partial charge in [0.05, 0.1) is 0 Å². The van der Waals surface area contributed by atoms with Crippen LogP contribution in [0.5, 0.6) is 0 Å². The van der Waals surface area contributed by atoms with E-state index in [1.54, 1.807) is 5.57 Å². The molecule has 2 saturated carbocycles. The lowest BCUT2D eigenvalue weighted by Gasteiger charge is -2.13. The maximum Gasteiger partial charge on any atom is 0.124 e. The van der Waals surface area contributed by atoms with Crippen molar-refractivity contribution in [3.05, 3.63) is 11.6 Å². The highest BCUT2D eigenvalue weighted by Gasteiger charge is 2.56. The Bertz CT molecular complexity index is 254. The van der Waals surface area contributed by atoms with Crippen molar-refractivity contribution in [2.24, 2.45) is 17.3 Å². The Labute approximate surface area is 86.6 Å². The highest BCUT2D eigenvalue weighted by atomic mass is 16.1. The van der Waals surface area contributed by atoms with E-state index in [4.69, 9.17) is 0 Å². The van der Waals surface area contributed by atoms with Crippen LogP contribution in [0, 0.1) is 17.3 Å². The largest absolute Gasteiger partial charge is 0.303 e. The monoisotopic (exact) mass is 192 g/mol. The third kappa shape index (κ3) is 1.65. The van der Waals surface area contributed by atoms with Crippen molar-refractivity contribution in [2.45, 2.75) is 46.0 Å². The van der Waals surface area contributed by atoms with Gasteiger partial charge >= 0.3 is 0 Å². The smallest absolute Gasteiger partial charge is 0.124 e. The Morgan fingerprint density at radius 3 is 2.29 bits per heavy atom. The molecular formula is C13H20O. The summed E-state index contributed by atoms with van der Waals surface area (Å²) < 4.78 is 0.